The Kier molecular flexibility index (Phi) is 5.97. The van der Waals surface area contributed by atoms with Gasteiger partial charge in [-0.3, -0.25) is 9.59 Å². The van der Waals surface area contributed by atoms with Gasteiger partial charge in [-0.2, -0.15) is 0 Å². The molecular weight excluding hydrogens is 434 g/mol. The van der Waals surface area contributed by atoms with Crippen LogP contribution in [0.15, 0.2) is 51.8 Å². The molecule has 0 spiro atoms. The Morgan fingerprint density at radius 1 is 1.27 bits per heavy atom. The summed E-state index contributed by atoms with van der Waals surface area (Å²) in [5, 5.41) is 4.67. The van der Waals surface area contributed by atoms with Crippen molar-refractivity contribution in [3.05, 3.63) is 62.3 Å². The lowest BCUT2D eigenvalue weighted by Crippen LogP contribution is -2.12. The van der Waals surface area contributed by atoms with Gasteiger partial charge in [-0.05, 0) is 45.8 Å². The maximum Gasteiger partial charge on any atom is 0.248 e. The smallest absolute Gasteiger partial charge is 0.248 e. The average Bonchev–Trinajstić information content (AvgIpc) is 3.23. The number of halogens is 1. The fraction of sp³-hybridized carbons (Fsp3) is 0.0556. The number of hydrogen-bond acceptors (Lipinski definition) is 5. The number of aromatic nitrogens is 1. The van der Waals surface area contributed by atoms with E-state index in [4.69, 9.17) is 5.73 Å². The summed E-state index contributed by atoms with van der Waals surface area (Å²) < 4.78 is 0.918. The van der Waals surface area contributed by atoms with Crippen LogP contribution < -0.4 is 11.1 Å². The number of nitrogens with one attached hydrogen (secondary N) is 1. The molecule has 0 aliphatic rings. The SMILES string of the molecule is NC(=O)Cc1cc(Br)c(-c2ccc(NC(=O)/C=C\c3cscn3)cc2)s1. The minimum Gasteiger partial charge on any atom is -0.369 e. The molecule has 2 heterocycles. The van der Waals surface area contributed by atoms with Crippen molar-refractivity contribution in [3.8, 4) is 10.4 Å². The number of amides is 2. The predicted octanol–water partition coefficient (Wildman–Crippen LogP) is 4.31. The Morgan fingerprint density at radius 3 is 2.69 bits per heavy atom. The molecule has 0 bridgehead atoms. The highest BCUT2D eigenvalue weighted by Crippen LogP contribution is 2.37. The third-order valence-corrected chi connectivity index (χ3v) is 6.03. The first-order valence-corrected chi connectivity index (χ1v) is 10.1. The van der Waals surface area contributed by atoms with Gasteiger partial charge in [-0.1, -0.05) is 12.1 Å². The standard InChI is InChI=1S/C18H14BrN3O2S2/c19-15-7-14(8-16(20)23)26-18(15)11-1-3-12(4-2-11)22-17(24)6-5-13-9-25-10-21-13/h1-7,9-10H,8H2,(H2,20,23)(H,22,24)/b6-5-. The van der Waals surface area contributed by atoms with Gasteiger partial charge in [0.1, 0.15) is 0 Å². The van der Waals surface area contributed by atoms with Gasteiger partial charge in [-0.15, -0.1) is 22.7 Å². The van der Waals surface area contributed by atoms with Crippen molar-refractivity contribution >= 4 is 62.2 Å². The molecule has 26 heavy (non-hydrogen) atoms. The van der Waals surface area contributed by atoms with Crippen LogP contribution in [0.3, 0.4) is 0 Å². The van der Waals surface area contributed by atoms with Crippen molar-refractivity contribution < 1.29 is 9.59 Å². The summed E-state index contributed by atoms with van der Waals surface area (Å²) in [7, 11) is 0. The van der Waals surface area contributed by atoms with Crippen LogP contribution in [-0.2, 0) is 16.0 Å². The van der Waals surface area contributed by atoms with Gasteiger partial charge < -0.3 is 11.1 Å². The van der Waals surface area contributed by atoms with Crippen LogP contribution in [0.2, 0.25) is 0 Å². The molecule has 3 rings (SSSR count). The van der Waals surface area contributed by atoms with Gasteiger partial charge in [0.15, 0.2) is 0 Å². The summed E-state index contributed by atoms with van der Waals surface area (Å²) in [5.41, 5.74) is 9.42. The van der Waals surface area contributed by atoms with Crippen LogP contribution in [0.4, 0.5) is 5.69 Å². The van der Waals surface area contributed by atoms with Crippen molar-refractivity contribution in [3.63, 3.8) is 0 Å². The second-order valence-corrected chi connectivity index (χ2v) is 8.06. The Hall–Kier alpha value is -2.29. The number of nitrogens with zero attached hydrogens (tertiary/aromatic N) is 1. The van der Waals surface area contributed by atoms with Crippen molar-refractivity contribution in [1.82, 2.24) is 4.98 Å². The Balaban J connectivity index is 1.67. The van der Waals surface area contributed by atoms with Crippen LogP contribution in [0.25, 0.3) is 16.5 Å². The first-order chi connectivity index (χ1) is 12.5. The molecule has 5 nitrogen and oxygen atoms in total. The van der Waals surface area contributed by atoms with E-state index >= 15 is 0 Å². The second kappa shape index (κ2) is 8.39. The number of anilines is 1. The first-order valence-electron chi connectivity index (χ1n) is 7.55. The maximum absolute atomic E-state index is 12.0. The summed E-state index contributed by atoms with van der Waals surface area (Å²) in [6.07, 6.45) is 3.35. The zero-order valence-electron chi connectivity index (χ0n) is 13.4. The minimum atomic E-state index is -0.353. The zero-order chi connectivity index (χ0) is 18.5. The molecule has 1 aromatic carbocycles. The molecule has 0 atom stereocenters. The molecule has 0 saturated carbocycles. The van der Waals surface area contributed by atoms with Gasteiger partial charge in [0.05, 0.1) is 17.6 Å². The van der Waals surface area contributed by atoms with Gasteiger partial charge >= 0.3 is 0 Å². The van der Waals surface area contributed by atoms with E-state index in [1.807, 2.05) is 35.7 Å². The molecule has 0 aliphatic carbocycles. The largest absolute Gasteiger partial charge is 0.369 e. The molecule has 132 valence electrons. The molecule has 2 aromatic heterocycles. The number of thiazole rings is 1. The molecule has 2 amide bonds. The van der Waals surface area contributed by atoms with E-state index in [1.54, 1.807) is 11.6 Å². The van der Waals surface area contributed by atoms with Crippen LogP contribution in [0, 0.1) is 0 Å². The summed E-state index contributed by atoms with van der Waals surface area (Å²) in [6, 6.07) is 9.42. The van der Waals surface area contributed by atoms with E-state index < -0.39 is 0 Å². The molecular formula is C18H14BrN3O2S2. The molecule has 0 unspecified atom stereocenters. The van der Waals surface area contributed by atoms with Crippen molar-refractivity contribution in [1.29, 1.82) is 0 Å². The van der Waals surface area contributed by atoms with E-state index in [1.165, 1.54) is 28.7 Å². The number of carbonyl (C=O) groups excluding carboxylic acids is 2. The van der Waals surface area contributed by atoms with E-state index in [2.05, 4.69) is 26.2 Å². The highest BCUT2D eigenvalue weighted by molar-refractivity contribution is 9.10. The number of benzene rings is 1. The molecule has 0 radical (unpaired) electrons. The van der Waals surface area contributed by atoms with Crippen LogP contribution in [-0.4, -0.2) is 16.8 Å². The minimum absolute atomic E-state index is 0.216. The van der Waals surface area contributed by atoms with Crippen molar-refractivity contribution in [2.75, 3.05) is 5.32 Å². The lowest BCUT2D eigenvalue weighted by molar-refractivity contribution is -0.117. The number of carbonyl (C=O) groups is 2. The molecule has 0 fully saturated rings. The third-order valence-electron chi connectivity index (χ3n) is 3.36. The van der Waals surface area contributed by atoms with Gasteiger partial charge in [0.25, 0.3) is 0 Å². The second-order valence-electron chi connectivity index (χ2n) is 5.35. The fourth-order valence-corrected chi connectivity index (χ4v) is 4.71. The number of rotatable bonds is 6. The van der Waals surface area contributed by atoms with Crippen LogP contribution in [0.1, 0.15) is 10.6 Å². The van der Waals surface area contributed by atoms with E-state index in [-0.39, 0.29) is 18.2 Å². The number of thiophene rings is 1. The summed E-state index contributed by atoms with van der Waals surface area (Å²) in [6.45, 7) is 0. The molecule has 0 saturated heterocycles. The lowest BCUT2D eigenvalue weighted by atomic mass is 10.1. The van der Waals surface area contributed by atoms with Gasteiger partial charge in [0.2, 0.25) is 11.8 Å². The molecule has 0 aliphatic heterocycles. The third kappa shape index (κ3) is 4.87. The summed E-state index contributed by atoms with van der Waals surface area (Å²) in [4.78, 5) is 29.0. The zero-order valence-corrected chi connectivity index (χ0v) is 16.7. The maximum atomic E-state index is 12.0. The van der Waals surface area contributed by atoms with E-state index in [9.17, 15) is 9.59 Å². The van der Waals surface area contributed by atoms with Crippen LogP contribution >= 0.6 is 38.6 Å². The molecule has 8 heteroatoms. The van der Waals surface area contributed by atoms with Crippen LogP contribution in [0.5, 0.6) is 0 Å². The number of nitrogens with two attached hydrogens (primary N) is 1. The Morgan fingerprint density at radius 2 is 2.04 bits per heavy atom. The average molecular weight is 448 g/mol. The highest BCUT2D eigenvalue weighted by Gasteiger charge is 2.11. The van der Waals surface area contributed by atoms with Gasteiger partial charge in [-0.25, -0.2) is 4.98 Å². The topological polar surface area (TPSA) is 85.1 Å². The van der Waals surface area contributed by atoms with Gasteiger partial charge in [0, 0.05) is 31.4 Å². The molecule has 3 aromatic rings. The predicted molar refractivity (Wildman–Crippen MR) is 110 cm³/mol. The Labute approximate surface area is 166 Å². The number of primary amides is 1. The lowest BCUT2D eigenvalue weighted by Gasteiger charge is -2.04. The molecule has 3 N–H and O–H groups in total. The summed E-state index contributed by atoms with van der Waals surface area (Å²) >= 11 is 6.51. The van der Waals surface area contributed by atoms with E-state index in [0.29, 0.717) is 5.69 Å². The van der Waals surface area contributed by atoms with E-state index in [0.717, 1.165) is 25.5 Å². The summed E-state index contributed by atoms with van der Waals surface area (Å²) in [5.74, 6) is -0.569. The van der Waals surface area contributed by atoms with Crippen molar-refractivity contribution in [2.45, 2.75) is 6.42 Å². The van der Waals surface area contributed by atoms with Crippen molar-refractivity contribution in [2.24, 2.45) is 5.73 Å². The fourth-order valence-electron chi connectivity index (χ4n) is 2.23. The number of hydrogen-bond donors (Lipinski definition) is 2. The monoisotopic (exact) mass is 447 g/mol. The quantitative estimate of drug-likeness (QED) is 0.551. The normalized spacial score (nSPS) is 11.0. The Bertz CT molecular complexity index is 947. The first kappa shape index (κ1) is 18.5. The highest BCUT2D eigenvalue weighted by atomic mass is 79.9.